The van der Waals surface area contributed by atoms with Crippen molar-refractivity contribution in [2.45, 2.75) is 68.4 Å². The molecule has 0 radical (unpaired) electrons. The molecule has 2 aliphatic rings. The lowest BCUT2D eigenvalue weighted by atomic mass is 9.91. The van der Waals surface area contributed by atoms with E-state index in [9.17, 15) is 25.5 Å². The zero-order valence-corrected chi connectivity index (χ0v) is 15.0. The number of aliphatic hydroxyl groups is 5. The van der Waals surface area contributed by atoms with Crippen molar-refractivity contribution in [3.05, 3.63) is 28.8 Å². The predicted octanol–water partition coefficient (Wildman–Crippen LogP) is 0.537. The van der Waals surface area contributed by atoms with Gasteiger partial charge >= 0.3 is 0 Å². The maximum Gasteiger partial charge on any atom is 0.138 e. The maximum atomic E-state index is 10.3. The van der Waals surface area contributed by atoms with E-state index in [1.807, 2.05) is 0 Å². The molecule has 0 bridgehead atoms. The summed E-state index contributed by atoms with van der Waals surface area (Å²) in [4.78, 5) is 0. The highest BCUT2D eigenvalue weighted by Gasteiger charge is 2.44. The summed E-state index contributed by atoms with van der Waals surface area (Å²) in [5.74, 6) is 0.433. The summed E-state index contributed by atoms with van der Waals surface area (Å²) in [6, 6.07) is 4.90. The summed E-state index contributed by atoms with van der Waals surface area (Å²) in [7, 11) is 0. The predicted molar refractivity (Wildman–Crippen MR) is 93.1 cm³/mol. The summed E-state index contributed by atoms with van der Waals surface area (Å²) in [6.45, 7) is -0.483. The van der Waals surface area contributed by atoms with Gasteiger partial charge in [-0.2, -0.15) is 0 Å². The Bertz CT molecular complexity index is 603. The van der Waals surface area contributed by atoms with E-state index in [1.165, 1.54) is 0 Å². The van der Waals surface area contributed by atoms with Crippen LogP contribution < -0.4 is 4.74 Å². The highest BCUT2D eigenvalue weighted by Crippen LogP contribution is 2.37. The van der Waals surface area contributed by atoms with Crippen LogP contribution in [0.25, 0.3) is 0 Å². The molecule has 5 N–H and O–H groups in total. The first-order chi connectivity index (χ1) is 12.4. The van der Waals surface area contributed by atoms with Crippen molar-refractivity contribution in [2.75, 3.05) is 6.61 Å². The molecule has 5 atom stereocenters. The van der Waals surface area contributed by atoms with E-state index in [0.29, 0.717) is 29.2 Å². The van der Waals surface area contributed by atoms with E-state index in [0.717, 1.165) is 12.8 Å². The lowest BCUT2D eigenvalue weighted by Gasteiger charge is -2.40. The normalized spacial score (nSPS) is 38.2. The molecular weight excluding hydrogens is 364 g/mol. The molecule has 26 heavy (non-hydrogen) atoms. The molecule has 0 spiro atoms. The third-order valence-corrected chi connectivity index (χ3v) is 5.43. The van der Waals surface area contributed by atoms with E-state index in [1.54, 1.807) is 18.2 Å². The van der Waals surface area contributed by atoms with Gasteiger partial charge in [-0.05, 0) is 43.4 Å². The molecule has 1 heterocycles. The summed E-state index contributed by atoms with van der Waals surface area (Å²) in [6.07, 6.45) is -3.64. The van der Waals surface area contributed by atoms with Gasteiger partial charge in [-0.3, -0.25) is 0 Å². The van der Waals surface area contributed by atoms with Crippen LogP contribution in [0.2, 0.25) is 5.02 Å². The van der Waals surface area contributed by atoms with Crippen LogP contribution in [0, 0.1) is 0 Å². The molecule has 8 heteroatoms. The number of ether oxygens (including phenoxy) is 2. The fraction of sp³-hybridized carbons (Fsp3) is 0.667. The van der Waals surface area contributed by atoms with Crippen molar-refractivity contribution in [2.24, 2.45) is 0 Å². The van der Waals surface area contributed by atoms with Crippen LogP contribution in [-0.4, -0.2) is 68.8 Å². The smallest absolute Gasteiger partial charge is 0.138 e. The Morgan fingerprint density at radius 2 is 1.69 bits per heavy atom. The second-order valence-corrected chi connectivity index (χ2v) is 7.39. The number of halogens is 1. The van der Waals surface area contributed by atoms with Gasteiger partial charge in [0.1, 0.15) is 36.3 Å². The molecular formula is C18H25ClO7. The number of benzene rings is 1. The SMILES string of the molecule is OC[C@H]1O[C@@H](c2ccc(Cl)c(OC3CCC(O)CC3)c2)[C@H](O)[C@@H](O)[C@@H]1O. The van der Waals surface area contributed by atoms with Crippen molar-refractivity contribution < 1.29 is 35.0 Å². The van der Waals surface area contributed by atoms with Crippen molar-refractivity contribution in [3.63, 3.8) is 0 Å². The second-order valence-electron chi connectivity index (χ2n) is 6.99. The van der Waals surface area contributed by atoms with E-state index >= 15 is 0 Å². The first kappa shape index (κ1) is 19.8. The van der Waals surface area contributed by atoms with E-state index in [-0.39, 0.29) is 12.2 Å². The summed E-state index contributed by atoms with van der Waals surface area (Å²) < 4.78 is 11.5. The molecule has 1 aromatic carbocycles. The average molecular weight is 389 g/mol. The molecule has 1 saturated carbocycles. The highest BCUT2D eigenvalue weighted by molar-refractivity contribution is 6.32. The van der Waals surface area contributed by atoms with Gasteiger partial charge in [-0.15, -0.1) is 0 Å². The van der Waals surface area contributed by atoms with Gasteiger partial charge in [-0.1, -0.05) is 17.7 Å². The Labute approximate surface area is 156 Å². The van der Waals surface area contributed by atoms with Crippen LogP contribution in [0.5, 0.6) is 5.75 Å². The van der Waals surface area contributed by atoms with Crippen LogP contribution in [0.1, 0.15) is 37.4 Å². The van der Waals surface area contributed by atoms with Crippen molar-refractivity contribution in [1.29, 1.82) is 0 Å². The Hall–Kier alpha value is -0.930. The van der Waals surface area contributed by atoms with Gasteiger partial charge < -0.3 is 35.0 Å². The third-order valence-electron chi connectivity index (χ3n) is 5.11. The molecule has 2 fully saturated rings. The monoisotopic (exact) mass is 388 g/mol. The number of rotatable bonds is 4. The van der Waals surface area contributed by atoms with Gasteiger partial charge in [0.25, 0.3) is 0 Å². The van der Waals surface area contributed by atoms with Gasteiger partial charge in [0.2, 0.25) is 0 Å². The molecule has 7 nitrogen and oxygen atoms in total. The second kappa shape index (κ2) is 8.39. The zero-order valence-electron chi connectivity index (χ0n) is 14.2. The average Bonchev–Trinajstić information content (AvgIpc) is 2.64. The third kappa shape index (κ3) is 4.14. The van der Waals surface area contributed by atoms with Gasteiger partial charge in [-0.25, -0.2) is 0 Å². The minimum absolute atomic E-state index is 0.0547. The zero-order chi connectivity index (χ0) is 18.8. The van der Waals surface area contributed by atoms with Crippen LogP contribution in [0.3, 0.4) is 0 Å². The Kier molecular flexibility index (Phi) is 6.40. The fourth-order valence-electron chi connectivity index (χ4n) is 3.51. The minimum Gasteiger partial charge on any atom is -0.489 e. The van der Waals surface area contributed by atoms with Crippen LogP contribution >= 0.6 is 11.6 Å². The van der Waals surface area contributed by atoms with Crippen LogP contribution in [0.4, 0.5) is 0 Å². The first-order valence-electron chi connectivity index (χ1n) is 8.85. The summed E-state index contributed by atoms with van der Waals surface area (Å²) >= 11 is 6.22. The molecule has 0 aromatic heterocycles. The van der Waals surface area contributed by atoms with E-state index < -0.39 is 37.1 Å². The standard InChI is InChI=1S/C18H25ClO7/c19-12-6-1-9(7-13(12)25-11-4-2-10(21)3-5-11)18-17(24)16(23)15(22)14(8-20)26-18/h1,6-7,10-11,14-18,20-24H,2-5,8H2/t10?,11?,14-,15-,16+,17-,18+/m1/s1. The van der Waals surface area contributed by atoms with Crippen LogP contribution in [-0.2, 0) is 4.74 Å². The number of hydrogen-bond donors (Lipinski definition) is 5. The molecule has 1 aliphatic carbocycles. The fourth-order valence-corrected chi connectivity index (χ4v) is 3.67. The lowest BCUT2D eigenvalue weighted by molar-refractivity contribution is -0.231. The van der Waals surface area contributed by atoms with Gasteiger partial charge in [0, 0.05) is 0 Å². The maximum absolute atomic E-state index is 10.3. The number of hydrogen-bond acceptors (Lipinski definition) is 7. The molecule has 0 amide bonds. The van der Waals surface area contributed by atoms with E-state index in [2.05, 4.69) is 0 Å². The van der Waals surface area contributed by atoms with Gasteiger partial charge in [0.15, 0.2) is 0 Å². The van der Waals surface area contributed by atoms with Crippen molar-refractivity contribution >= 4 is 11.6 Å². The molecule has 1 aromatic rings. The Morgan fingerprint density at radius 3 is 2.35 bits per heavy atom. The molecule has 3 rings (SSSR count). The molecule has 1 aliphatic heterocycles. The number of aliphatic hydroxyl groups excluding tert-OH is 5. The summed E-state index contributed by atoms with van der Waals surface area (Å²) in [5.41, 5.74) is 0.525. The van der Waals surface area contributed by atoms with Crippen molar-refractivity contribution in [3.8, 4) is 5.75 Å². The van der Waals surface area contributed by atoms with E-state index in [4.69, 9.17) is 21.1 Å². The highest BCUT2D eigenvalue weighted by atomic mass is 35.5. The molecule has 1 saturated heterocycles. The topological polar surface area (TPSA) is 120 Å². The Morgan fingerprint density at radius 1 is 1.00 bits per heavy atom. The minimum atomic E-state index is -1.44. The first-order valence-corrected chi connectivity index (χ1v) is 9.23. The van der Waals surface area contributed by atoms with Crippen molar-refractivity contribution in [1.82, 2.24) is 0 Å². The lowest BCUT2D eigenvalue weighted by Crippen LogP contribution is -2.55. The largest absolute Gasteiger partial charge is 0.489 e. The summed E-state index contributed by atoms with van der Waals surface area (Å²) in [5, 5.41) is 49.5. The quantitative estimate of drug-likeness (QED) is 0.510. The Balaban J connectivity index is 1.78. The molecule has 146 valence electrons. The molecule has 0 unspecified atom stereocenters. The van der Waals surface area contributed by atoms with Gasteiger partial charge in [0.05, 0.1) is 23.8 Å². The van der Waals surface area contributed by atoms with Crippen LogP contribution in [0.15, 0.2) is 18.2 Å².